The molecule has 0 radical (unpaired) electrons. The lowest BCUT2D eigenvalue weighted by Crippen LogP contribution is -2.34. The summed E-state index contributed by atoms with van der Waals surface area (Å²) in [6.07, 6.45) is 3.89. The molecule has 0 aromatic heterocycles. The first-order valence-corrected chi connectivity index (χ1v) is 16.1. The number of nitrogens with zero attached hydrogens (tertiary/aromatic N) is 1. The number of benzene rings is 7. The number of rotatable bonds is 6. The average Bonchev–Trinajstić information content (AvgIpc) is 3.50. The topological polar surface area (TPSA) is 21.7 Å². The Morgan fingerprint density at radius 2 is 1.15 bits per heavy atom. The standard InChI is InChI=1S/C44H30FNO2/c1-47-34-25-21-30(22-26-34)44(29-19-23-33(24-20-29)46(31-11-4-2-5-12-31)32-13-6-3-7-14-32)28-27-39-42(45)41-37-16-9-8-15-35(37)36-17-10-18-38(40(36)41)43(39)48-44/h2-28H,1H3. The summed E-state index contributed by atoms with van der Waals surface area (Å²) in [6, 6.07) is 51.3. The molecule has 230 valence electrons. The van der Waals surface area contributed by atoms with Crippen molar-refractivity contribution in [1.82, 2.24) is 0 Å². The van der Waals surface area contributed by atoms with E-state index in [1.165, 1.54) is 0 Å². The Morgan fingerprint density at radius 1 is 0.583 bits per heavy atom. The predicted octanol–water partition coefficient (Wildman–Crippen LogP) is 11.5. The molecule has 1 atom stereocenters. The van der Waals surface area contributed by atoms with Crippen molar-refractivity contribution >= 4 is 33.9 Å². The van der Waals surface area contributed by atoms with Gasteiger partial charge in [0.05, 0.1) is 12.7 Å². The van der Waals surface area contributed by atoms with Gasteiger partial charge in [0.15, 0.2) is 5.60 Å². The maximum Gasteiger partial charge on any atom is 0.178 e. The van der Waals surface area contributed by atoms with Crippen LogP contribution in [0.1, 0.15) is 16.7 Å². The second kappa shape index (κ2) is 11.0. The lowest BCUT2D eigenvalue weighted by molar-refractivity contribution is 0.162. The van der Waals surface area contributed by atoms with E-state index in [-0.39, 0.29) is 5.82 Å². The lowest BCUT2D eigenvalue weighted by atomic mass is 9.82. The fourth-order valence-electron chi connectivity index (χ4n) is 7.34. The predicted molar refractivity (Wildman–Crippen MR) is 193 cm³/mol. The highest BCUT2D eigenvalue weighted by atomic mass is 19.1. The molecule has 0 saturated heterocycles. The summed E-state index contributed by atoms with van der Waals surface area (Å²) in [7, 11) is 1.66. The molecule has 9 rings (SSSR count). The van der Waals surface area contributed by atoms with Gasteiger partial charge in [-0.05, 0) is 77.4 Å². The van der Waals surface area contributed by atoms with Crippen molar-refractivity contribution in [2.45, 2.75) is 5.60 Å². The monoisotopic (exact) mass is 623 g/mol. The van der Waals surface area contributed by atoms with Crippen molar-refractivity contribution in [3.63, 3.8) is 0 Å². The maximum absolute atomic E-state index is 16.7. The van der Waals surface area contributed by atoms with Crippen LogP contribution < -0.4 is 14.4 Å². The highest BCUT2D eigenvalue weighted by Crippen LogP contribution is 2.55. The van der Waals surface area contributed by atoms with Crippen molar-refractivity contribution in [3.05, 3.63) is 180 Å². The summed E-state index contributed by atoms with van der Waals surface area (Å²) in [5.41, 5.74) is 8.03. The molecule has 0 N–H and O–H groups in total. The van der Waals surface area contributed by atoms with Crippen molar-refractivity contribution < 1.29 is 13.9 Å². The van der Waals surface area contributed by atoms with E-state index in [1.807, 2.05) is 103 Å². The van der Waals surface area contributed by atoms with E-state index < -0.39 is 5.60 Å². The third-order valence-corrected chi connectivity index (χ3v) is 9.60. The first kappa shape index (κ1) is 28.1. The normalized spacial score (nSPS) is 15.5. The number of ether oxygens (including phenoxy) is 2. The quantitative estimate of drug-likeness (QED) is 0.184. The number of anilines is 3. The van der Waals surface area contributed by atoms with Gasteiger partial charge in [-0.2, -0.15) is 0 Å². The fraction of sp³-hybridized carbons (Fsp3) is 0.0455. The van der Waals surface area contributed by atoms with E-state index in [1.54, 1.807) is 7.11 Å². The molecule has 3 nitrogen and oxygen atoms in total. The third-order valence-electron chi connectivity index (χ3n) is 9.60. The number of methoxy groups -OCH3 is 1. The molecule has 0 amide bonds. The Kier molecular flexibility index (Phi) is 6.44. The van der Waals surface area contributed by atoms with Crippen LogP contribution in [0, 0.1) is 5.82 Å². The minimum Gasteiger partial charge on any atom is -0.497 e. The molecule has 0 fully saturated rings. The smallest absolute Gasteiger partial charge is 0.178 e. The molecule has 7 aromatic carbocycles. The van der Waals surface area contributed by atoms with Gasteiger partial charge in [-0.25, -0.2) is 4.39 Å². The highest BCUT2D eigenvalue weighted by molar-refractivity contribution is 6.18. The summed E-state index contributed by atoms with van der Waals surface area (Å²) in [6.45, 7) is 0. The minimum atomic E-state index is -1.03. The zero-order valence-corrected chi connectivity index (χ0v) is 26.2. The van der Waals surface area contributed by atoms with Crippen molar-refractivity contribution in [2.75, 3.05) is 12.0 Å². The van der Waals surface area contributed by atoms with Crippen LogP contribution in [0.25, 0.3) is 39.1 Å². The van der Waals surface area contributed by atoms with E-state index >= 15 is 4.39 Å². The number of fused-ring (bicyclic) bond motifs is 5. The maximum atomic E-state index is 16.7. The van der Waals surface area contributed by atoms with Gasteiger partial charge in [0.25, 0.3) is 0 Å². The van der Waals surface area contributed by atoms with Gasteiger partial charge in [0.1, 0.15) is 17.3 Å². The van der Waals surface area contributed by atoms with Gasteiger partial charge in [-0.1, -0.05) is 103 Å². The van der Waals surface area contributed by atoms with Gasteiger partial charge in [0, 0.05) is 44.5 Å². The van der Waals surface area contributed by atoms with E-state index in [4.69, 9.17) is 9.47 Å². The lowest BCUT2D eigenvalue weighted by Gasteiger charge is -2.37. The molecule has 0 spiro atoms. The molecule has 4 heteroatoms. The van der Waals surface area contributed by atoms with E-state index in [2.05, 4.69) is 65.6 Å². The Morgan fingerprint density at radius 3 is 1.79 bits per heavy atom. The van der Waals surface area contributed by atoms with Gasteiger partial charge in [0.2, 0.25) is 0 Å². The first-order chi connectivity index (χ1) is 23.7. The molecule has 2 aliphatic rings. The number of hydrogen-bond acceptors (Lipinski definition) is 3. The molecular formula is C44H30FNO2. The number of halogens is 1. The molecule has 1 unspecified atom stereocenters. The van der Waals surface area contributed by atoms with E-state index in [0.717, 1.165) is 61.4 Å². The third kappa shape index (κ3) is 4.19. The highest BCUT2D eigenvalue weighted by Gasteiger charge is 2.40. The molecule has 1 heterocycles. The van der Waals surface area contributed by atoms with E-state index in [9.17, 15) is 0 Å². The minimum absolute atomic E-state index is 0.258. The van der Waals surface area contributed by atoms with Crippen LogP contribution >= 0.6 is 0 Å². The zero-order valence-electron chi connectivity index (χ0n) is 26.2. The van der Waals surface area contributed by atoms with E-state index in [0.29, 0.717) is 16.9 Å². The Balaban J connectivity index is 1.22. The second-order valence-electron chi connectivity index (χ2n) is 12.2. The zero-order chi connectivity index (χ0) is 32.2. The summed E-state index contributed by atoms with van der Waals surface area (Å²) < 4.78 is 29.3. The van der Waals surface area contributed by atoms with Gasteiger partial charge < -0.3 is 14.4 Å². The molecule has 0 saturated carbocycles. The number of para-hydroxylation sites is 2. The molecule has 1 aliphatic carbocycles. The molecular weight excluding hydrogens is 593 g/mol. The summed E-state index contributed by atoms with van der Waals surface area (Å²) in [5, 5.41) is 1.79. The first-order valence-electron chi connectivity index (χ1n) is 16.1. The molecule has 1 aliphatic heterocycles. The average molecular weight is 624 g/mol. The van der Waals surface area contributed by atoms with Crippen molar-refractivity contribution in [2.24, 2.45) is 0 Å². The Hall–Kier alpha value is -6.13. The van der Waals surface area contributed by atoms with Crippen LogP contribution in [-0.2, 0) is 5.60 Å². The van der Waals surface area contributed by atoms with Crippen molar-refractivity contribution in [3.8, 4) is 33.8 Å². The second-order valence-corrected chi connectivity index (χ2v) is 12.2. The van der Waals surface area contributed by atoms with Crippen molar-refractivity contribution in [1.29, 1.82) is 0 Å². The molecule has 7 aromatic rings. The fourth-order valence-corrected chi connectivity index (χ4v) is 7.34. The van der Waals surface area contributed by atoms with Crippen LogP contribution in [0.2, 0.25) is 0 Å². The van der Waals surface area contributed by atoms with Crippen LogP contribution in [0.4, 0.5) is 21.5 Å². The molecule has 48 heavy (non-hydrogen) atoms. The van der Waals surface area contributed by atoms with Gasteiger partial charge in [-0.3, -0.25) is 0 Å². The summed E-state index contributed by atoms with van der Waals surface area (Å²) in [5.74, 6) is 1.03. The van der Waals surface area contributed by atoms with Gasteiger partial charge in [-0.15, -0.1) is 0 Å². The largest absolute Gasteiger partial charge is 0.497 e. The molecule has 0 bridgehead atoms. The van der Waals surface area contributed by atoms with Crippen LogP contribution in [0.3, 0.4) is 0 Å². The van der Waals surface area contributed by atoms with Crippen LogP contribution in [-0.4, -0.2) is 7.11 Å². The summed E-state index contributed by atoms with van der Waals surface area (Å²) in [4.78, 5) is 2.23. The Labute approximate surface area is 278 Å². The van der Waals surface area contributed by atoms with Crippen LogP contribution in [0.15, 0.2) is 158 Å². The van der Waals surface area contributed by atoms with Gasteiger partial charge >= 0.3 is 0 Å². The Bertz CT molecular complexity index is 2310. The number of hydrogen-bond donors (Lipinski definition) is 0. The SMILES string of the molecule is COc1ccc(C2(c3ccc(N(c4ccccc4)c4ccccc4)cc3)C=Cc3c(F)c4c5c(cccc5c3O2)-c2ccccc2-4)cc1. The summed E-state index contributed by atoms with van der Waals surface area (Å²) >= 11 is 0. The van der Waals surface area contributed by atoms with Crippen LogP contribution in [0.5, 0.6) is 11.5 Å².